The molecule has 0 fully saturated rings. The van der Waals surface area contributed by atoms with Gasteiger partial charge in [-0.05, 0) is 77.9 Å². The normalized spacial score (nSPS) is 15.4. The van der Waals surface area contributed by atoms with E-state index < -0.39 is 0 Å². The number of rotatable bonds is 8. The highest BCUT2D eigenvalue weighted by molar-refractivity contribution is 5.87. The lowest BCUT2D eigenvalue weighted by molar-refractivity contribution is -0.134. The first-order chi connectivity index (χ1) is 16.6. The molecule has 2 aromatic carbocycles. The summed E-state index contributed by atoms with van der Waals surface area (Å²) in [5.41, 5.74) is 6.91. The second kappa shape index (κ2) is 9.69. The summed E-state index contributed by atoms with van der Waals surface area (Å²) in [6, 6.07) is 15.8. The molecule has 174 valence electrons. The minimum atomic E-state index is -0.351. The van der Waals surface area contributed by atoms with E-state index in [4.69, 9.17) is 4.74 Å². The number of fused-ring (bicyclic) bond motifs is 2. The molecule has 0 saturated heterocycles. The van der Waals surface area contributed by atoms with Gasteiger partial charge >= 0.3 is 5.97 Å². The highest BCUT2D eigenvalue weighted by Gasteiger charge is 2.28. The van der Waals surface area contributed by atoms with Crippen molar-refractivity contribution in [3.63, 3.8) is 0 Å². The summed E-state index contributed by atoms with van der Waals surface area (Å²) in [4.78, 5) is 20.5. The third-order valence-corrected chi connectivity index (χ3v) is 6.70. The van der Waals surface area contributed by atoms with Gasteiger partial charge in [0.2, 0.25) is 0 Å². The van der Waals surface area contributed by atoms with Crippen LogP contribution in [0.3, 0.4) is 0 Å². The van der Waals surface area contributed by atoms with E-state index >= 15 is 0 Å². The number of ether oxygens (including phenoxy) is 1. The number of carbonyl (C=O) groups excluding carboxylic acids is 1. The molecule has 34 heavy (non-hydrogen) atoms. The number of nitrogens with zero attached hydrogens (tertiary/aromatic N) is 1. The molecule has 2 heterocycles. The molecule has 1 atom stereocenters. The quantitative estimate of drug-likeness (QED) is 0.269. The predicted octanol–water partition coefficient (Wildman–Crippen LogP) is 5.55. The SMILES string of the molecule is COC(=O)/C=C/c1ccc2c(c1)CCC2N(CCc1c[nH]c2cc(F)ccc12)Cc1ccc[nH]1. The Kier molecular flexibility index (Phi) is 6.32. The van der Waals surface area contributed by atoms with Gasteiger partial charge in [-0.2, -0.15) is 0 Å². The van der Waals surface area contributed by atoms with E-state index in [1.165, 1.54) is 41.6 Å². The Morgan fingerprint density at radius 1 is 1.21 bits per heavy atom. The number of aromatic amines is 2. The molecule has 0 saturated carbocycles. The summed E-state index contributed by atoms with van der Waals surface area (Å²) in [6.45, 7) is 1.72. The van der Waals surface area contributed by atoms with Crippen LogP contribution in [0.15, 0.2) is 67.0 Å². The van der Waals surface area contributed by atoms with E-state index in [1.54, 1.807) is 12.1 Å². The lowest BCUT2D eigenvalue weighted by Gasteiger charge is -2.29. The molecule has 1 unspecified atom stereocenters. The number of aryl methyl sites for hydroxylation is 1. The van der Waals surface area contributed by atoms with Gasteiger partial charge in [0.1, 0.15) is 5.82 Å². The zero-order chi connectivity index (χ0) is 23.5. The minimum Gasteiger partial charge on any atom is -0.466 e. The number of carbonyl (C=O) groups is 1. The smallest absolute Gasteiger partial charge is 0.330 e. The molecule has 6 heteroatoms. The molecule has 4 aromatic rings. The zero-order valence-electron chi connectivity index (χ0n) is 19.2. The third-order valence-electron chi connectivity index (χ3n) is 6.70. The monoisotopic (exact) mass is 457 g/mol. The third kappa shape index (κ3) is 4.68. The summed E-state index contributed by atoms with van der Waals surface area (Å²) < 4.78 is 18.3. The molecule has 0 amide bonds. The molecular weight excluding hydrogens is 429 g/mol. The molecule has 5 nitrogen and oxygen atoms in total. The maximum atomic E-state index is 13.6. The lowest BCUT2D eigenvalue weighted by atomic mass is 10.0. The number of hydrogen-bond acceptors (Lipinski definition) is 3. The number of benzene rings is 2. The van der Waals surface area contributed by atoms with Gasteiger partial charge in [-0.3, -0.25) is 4.90 Å². The van der Waals surface area contributed by atoms with E-state index in [0.717, 1.165) is 48.8 Å². The van der Waals surface area contributed by atoms with Crippen molar-refractivity contribution in [1.82, 2.24) is 14.9 Å². The molecule has 5 rings (SSSR count). The van der Waals surface area contributed by atoms with Crippen molar-refractivity contribution in [3.8, 4) is 0 Å². The summed E-state index contributed by atoms with van der Waals surface area (Å²) >= 11 is 0. The molecule has 2 aromatic heterocycles. The highest BCUT2D eigenvalue weighted by atomic mass is 19.1. The van der Waals surface area contributed by atoms with E-state index in [9.17, 15) is 9.18 Å². The Bertz CT molecular complexity index is 1320. The van der Waals surface area contributed by atoms with Gasteiger partial charge in [-0.25, -0.2) is 9.18 Å². The second-order valence-corrected chi connectivity index (χ2v) is 8.79. The van der Waals surface area contributed by atoms with Gasteiger partial charge in [0.25, 0.3) is 0 Å². The molecule has 0 bridgehead atoms. The zero-order valence-corrected chi connectivity index (χ0v) is 19.2. The van der Waals surface area contributed by atoms with Crippen LogP contribution in [0, 0.1) is 5.82 Å². The van der Waals surface area contributed by atoms with Crippen LogP contribution < -0.4 is 0 Å². The van der Waals surface area contributed by atoms with Crippen molar-refractivity contribution in [1.29, 1.82) is 0 Å². The van der Waals surface area contributed by atoms with Crippen LogP contribution in [0.1, 0.15) is 40.4 Å². The number of halogens is 1. The Balaban J connectivity index is 1.37. The van der Waals surface area contributed by atoms with Crippen LogP contribution in [-0.4, -0.2) is 34.5 Å². The van der Waals surface area contributed by atoms with Crippen LogP contribution in [0.25, 0.3) is 17.0 Å². The first-order valence-corrected chi connectivity index (χ1v) is 11.6. The standard InChI is InChI=1S/C28H28FN3O2/c1-34-28(33)11-5-19-4-8-25-20(15-19)6-10-27(25)32(18-23-3-2-13-30-23)14-12-21-17-31-26-16-22(29)7-9-24(21)26/h2-5,7-9,11,13,15-17,27,30-31H,6,10,12,14,18H2,1H3/b11-5+. The number of H-pyrrole nitrogens is 2. The number of hydrogen-bond donors (Lipinski definition) is 2. The Hall–Kier alpha value is -3.64. The lowest BCUT2D eigenvalue weighted by Crippen LogP contribution is -2.29. The van der Waals surface area contributed by atoms with Crippen LogP contribution in [0.5, 0.6) is 0 Å². The summed E-state index contributed by atoms with van der Waals surface area (Å²) in [5.74, 6) is -0.576. The number of nitrogens with one attached hydrogen (secondary N) is 2. The molecule has 0 aliphatic heterocycles. The summed E-state index contributed by atoms with van der Waals surface area (Å²) in [5, 5.41) is 1.08. The minimum absolute atomic E-state index is 0.224. The molecule has 2 N–H and O–H groups in total. The van der Waals surface area contributed by atoms with Crippen molar-refractivity contribution in [2.45, 2.75) is 31.8 Å². The van der Waals surface area contributed by atoms with Gasteiger partial charge in [-0.15, -0.1) is 0 Å². The molecule has 0 radical (unpaired) electrons. The van der Waals surface area contributed by atoms with Crippen LogP contribution >= 0.6 is 0 Å². The van der Waals surface area contributed by atoms with Crippen molar-refractivity contribution in [3.05, 3.63) is 101 Å². The fraction of sp³-hybridized carbons (Fsp3) is 0.250. The van der Waals surface area contributed by atoms with Crippen LogP contribution in [0.4, 0.5) is 4.39 Å². The molecule has 0 spiro atoms. The van der Waals surface area contributed by atoms with Crippen LogP contribution in [-0.2, 0) is 28.9 Å². The van der Waals surface area contributed by atoms with Crippen molar-refractivity contribution >= 4 is 22.9 Å². The van der Waals surface area contributed by atoms with Gasteiger partial charge in [0.15, 0.2) is 0 Å². The Labute approximate surface area is 198 Å². The first kappa shape index (κ1) is 22.2. The summed E-state index contributed by atoms with van der Waals surface area (Å²) in [6.07, 6.45) is 10.2. The Morgan fingerprint density at radius 2 is 2.12 bits per heavy atom. The number of aromatic nitrogens is 2. The van der Waals surface area contributed by atoms with E-state index in [1.807, 2.05) is 24.5 Å². The van der Waals surface area contributed by atoms with Crippen LogP contribution in [0.2, 0.25) is 0 Å². The van der Waals surface area contributed by atoms with Crippen molar-refractivity contribution in [2.24, 2.45) is 0 Å². The molecule has 1 aliphatic rings. The summed E-state index contributed by atoms with van der Waals surface area (Å²) in [7, 11) is 1.38. The average Bonchev–Trinajstić information content (AvgIpc) is 3.59. The van der Waals surface area contributed by atoms with E-state index in [-0.39, 0.29) is 11.8 Å². The fourth-order valence-corrected chi connectivity index (χ4v) is 4.99. The van der Waals surface area contributed by atoms with Crippen molar-refractivity contribution in [2.75, 3.05) is 13.7 Å². The maximum Gasteiger partial charge on any atom is 0.330 e. The topological polar surface area (TPSA) is 61.1 Å². The van der Waals surface area contributed by atoms with E-state index in [2.05, 4.69) is 39.1 Å². The fourth-order valence-electron chi connectivity index (χ4n) is 4.99. The van der Waals surface area contributed by atoms with Gasteiger partial charge in [0, 0.05) is 54.2 Å². The van der Waals surface area contributed by atoms with E-state index in [0.29, 0.717) is 6.04 Å². The van der Waals surface area contributed by atoms with Gasteiger partial charge in [-0.1, -0.05) is 18.2 Å². The first-order valence-electron chi connectivity index (χ1n) is 11.6. The predicted molar refractivity (Wildman–Crippen MR) is 132 cm³/mol. The number of methoxy groups -OCH3 is 1. The Morgan fingerprint density at radius 3 is 2.94 bits per heavy atom. The second-order valence-electron chi connectivity index (χ2n) is 8.79. The molecule has 1 aliphatic carbocycles. The number of esters is 1. The average molecular weight is 458 g/mol. The molecular formula is C28H28FN3O2. The van der Waals surface area contributed by atoms with Crippen molar-refractivity contribution < 1.29 is 13.9 Å². The van der Waals surface area contributed by atoms with Gasteiger partial charge < -0.3 is 14.7 Å². The van der Waals surface area contributed by atoms with Gasteiger partial charge in [0.05, 0.1) is 7.11 Å². The highest BCUT2D eigenvalue weighted by Crippen LogP contribution is 2.37. The maximum absolute atomic E-state index is 13.6. The largest absolute Gasteiger partial charge is 0.466 e.